The van der Waals surface area contributed by atoms with Crippen molar-refractivity contribution in [3.05, 3.63) is 52.6 Å². The Balaban J connectivity index is 2.10. The zero-order valence-electron chi connectivity index (χ0n) is 14.5. The number of nitro groups is 1. The number of nitro benzene ring substituents is 1. The number of hydrogen-bond donors (Lipinski definition) is 2. The molecule has 2 aromatic carbocycles. The highest BCUT2D eigenvalue weighted by atomic mass is 16.6. The molecule has 0 aliphatic rings. The Kier molecular flexibility index (Phi) is 5.74. The third-order valence-electron chi connectivity index (χ3n) is 3.49. The van der Waals surface area contributed by atoms with Gasteiger partial charge in [-0.3, -0.25) is 19.7 Å². The Hall–Kier alpha value is -3.62. The van der Waals surface area contributed by atoms with E-state index in [1.165, 1.54) is 19.2 Å². The third-order valence-corrected chi connectivity index (χ3v) is 3.49. The Labute approximate surface area is 149 Å². The van der Waals surface area contributed by atoms with Crippen LogP contribution >= 0.6 is 0 Å². The van der Waals surface area contributed by atoms with E-state index in [1.807, 2.05) is 19.0 Å². The number of nitrogens with zero attached hydrogens (tertiary/aromatic N) is 2. The standard InChI is InChI=1S/C17H18N4O5/c1-20(2)12-6-4-11(5-7-12)18-16(22)17(23)19-14-10-13(21(24)25)8-9-15(14)26-3/h4-10H,1-3H3,(H,18,22)(H,19,23). The molecule has 2 aromatic rings. The average molecular weight is 358 g/mol. The van der Waals surface area contributed by atoms with Crippen molar-refractivity contribution in [2.45, 2.75) is 0 Å². The van der Waals surface area contributed by atoms with Crippen molar-refractivity contribution in [3.63, 3.8) is 0 Å². The fourth-order valence-corrected chi connectivity index (χ4v) is 2.12. The molecular weight excluding hydrogens is 340 g/mol. The van der Waals surface area contributed by atoms with Gasteiger partial charge in [0.25, 0.3) is 5.69 Å². The number of hydrogen-bond acceptors (Lipinski definition) is 6. The van der Waals surface area contributed by atoms with Gasteiger partial charge in [-0.25, -0.2) is 0 Å². The molecular formula is C17H18N4O5. The first-order valence-corrected chi connectivity index (χ1v) is 7.54. The Morgan fingerprint density at radius 3 is 2.19 bits per heavy atom. The summed E-state index contributed by atoms with van der Waals surface area (Å²) < 4.78 is 5.04. The summed E-state index contributed by atoms with van der Waals surface area (Å²) in [5.41, 5.74) is 1.18. The summed E-state index contributed by atoms with van der Waals surface area (Å²) in [7, 11) is 5.12. The first kappa shape index (κ1) is 18.7. The number of benzene rings is 2. The van der Waals surface area contributed by atoms with E-state index in [9.17, 15) is 19.7 Å². The number of carbonyl (C=O) groups excluding carboxylic acids is 2. The highest BCUT2D eigenvalue weighted by Gasteiger charge is 2.18. The molecule has 0 aliphatic carbocycles. The van der Waals surface area contributed by atoms with E-state index in [4.69, 9.17) is 4.74 Å². The van der Waals surface area contributed by atoms with Crippen molar-refractivity contribution in [3.8, 4) is 5.75 Å². The van der Waals surface area contributed by atoms with Crippen molar-refractivity contribution in [2.75, 3.05) is 36.7 Å². The number of nitrogens with one attached hydrogen (secondary N) is 2. The predicted octanol–water partition coefficient (Wildman–Crippen LogP) is 2.25. The number of non-ortho nitro benzene ring substituents is 1. The van der Waals surface area contributed by atoms with Crippen molar-refractivity contribution in [1.29, 1.82) is 0 Å². The molecule has 0 fully saturated rings. The number of amides is 2. The normalized spacial score (nSPS) is 9.96. The zero-order chi connectivity index (χ0) is 19.3. The molecule has 0 saturated carbocycles. The van der Waals surface area contributed by atoms with Crippen LogP contribution in [0.3, 0.4) is 0 Å². The first-order valence-electron chi connectivity index (χ1n) is 7.54. The Morgan fingerprint density at radius 2 is 1.65 bits per heavy atom. The summed E-state index contributed by atoms with van der Waals surface area (Å²) >= 11 is 0. The molecule has 0 unspecified atom stereocenters. The molecule has 0 heterocycles. The van der Waals surface area contributed by atoms with Crippen molar-refractivity contribution in [1.82, 2.24) is 0 Å². The average Bonchev–Trinajstić information content (AvgIpc) is 2.61. The number of rotatable bonds is 5. The monoisotopic (exact) mass is 358 g/mol. The maximum Gasteiger partial charge on any atom is 0.314 e. The van der Waals surface area contributed by atoms with E-state index in [1.54, 1.807) is 24.3 Å². The summed E-state index contributed by atoms with van der Waals surface area (Å²) in [6.45, 7) is 0. The molecule has 0 radical (unpaired) electrons. The van der Waals surface area contributed by atoms with E-state index < -0.39 is 16.7 Å². The molecule has 0 spiro atoms. The van der Waals surface area contributed by atoms with Crippen LogP contribution in [-0.4, -0.2) is 37.9 Å². The fraction of sp³-hybridized carbons (Fsp3) is 0.176. The third kappa shape index (κ3) is 4.47. The molecule has 26 heavy (non-hydrogen) atoms. The van der Waals surface area contributed by atoms with Crippen LogP contribution in [0.15, 0.2) is 42.5 Å². The minimum Gasteiger partial charge on any atom is -0.495 e. The van der Waals surface area contributed by atoms with Crippen molar-refractivity contribution in [2.24, 2.45) is 0 Å². The van der Waals surface area contributed by atoms with Gasteiger partial charge in [0.1, 0.15) is 5.75 Å². The smallest absolute Gasteiger partial charge is 0.314 e. The van der Waals surface area contributed by atoms with E-state index in [2.05, 4.69) is 10.6 Å². The van der Waals surface area contributed by atoms with E-state index in [-0.39, 0.29) is 17.1 Å². The zero-order valence-corrected chi connectivity index (χ0v) is 14.5. The topological polar surface area (TPSA) is 114 Å². The number of methoxy groups -OCH3 is 1. The molecule has 0 saturated heterocycles. The van der Waals surface area contributed by atoms with Crippen molar-refractivity contribution >= 4 is 34.6 Å². The summed E-state index contributed by atoms with van der Waals surface area (Å²) in [6, 6.07) is 10.6. The lowest BCUT2D eigenvalue weighted by Gasteiger charge is -2.13. The SMILES string of the molecule is COc1ccc([N+](=O)[O-])cc1NC(=O)C(=O)Nc1ccc(N(C)C)cc1. The van der Waals surface area contributed by atoms with Crippen LogP contribution in [0.2, 0.25) is 0 Å². The molecule has 136 valence electrons. The second-order valence-electron chi connectivity index (χ2n) is 5.49. The number of ether oxygens (including phenoxy) is 1. The largest absolute Gasteiger partial charge is 0.495 e. The molecule has 0 bridgehead atoms. The molecule has 9 nitrogen and oxygen atoms in total. The minimum atomic E-state index is -0.972. The van der Waals surface area contributed by atoms with Crippen LogP contribution in [0.1, 0.15) is 0 Å². The van der Waals surface area contributed by atoms with Gasteiger partial charge in [0.15, 0.2) is 0 Å². The number of carbonyl (C=O) groups is 2. The highest BCUT2D eigenvalue weighted by molar-refractivity contribution is 6.43. The van der Waals surface area contributed by atoms with Crippen molar-refractivity contribution < 1.29 is 19.2 Å². The van der Waals surface area contributed by atoms with Crippen LogP contribution in [0, 0.1) is 10.1 Å². The second-order valence-corrected chi connectivity index (χ2v) is 5.49. The minimum absolute atomic E-state index is 0.0322. The van der Waals surface area contributed by atoms with Gasteiger partial charge in [0.05, 0.1) is 17.7 Å². The first-order chi connectivity index (χ1) is 12.3. The van der Waals surface area contributed by atoms with Gasteiger partial charge < -0.3 is 20.3 Å². The van der Waals surface area contributed by atoms with Crippen LogP contribution in [0.5, 0.6) is 5.75 Å². The summed E-state index contributed by atoms with van der Waals surface area (Å²) in [6.07, 6.45) is 0. The molecule has 2 N–H and O–H groups in total. The quantitative estimate of drug-likeness (QED) is 0.481. The predicted molar refractivity (Wildman–Crippen MR) is 97.7 cm³/mol. The lowest BCUT2D eigenvalue weighted by molar-refractivity contribution is -0.384. The van der Waals surface area contributed by atoms with Gasteiger partial charge in [-0.1, -0.05) is 0 Å². The van der Waals surface area contributed by atoms with Crippen LogP contribution < -0.4 is 20.3 Å². The molecule has 2 amide bonds. The van der Waals surface area contributed by atoms with Gasteiger partial charge in [0, 0.05) is 37.6 Å². The van der Waals surface area contributed by atoms with E-state index in [0.29, 0.717) is 5.69 Å². The van der Waals surface area contributed by atoms with Crippen LogP contribution in [0.25, 0.3) is 0 Å². The van der Waals surface area contributed by atoms with Crippen LogP contribution in [0.4, 0.5) is 22.7 Å². The maximum atomic E-state index is 12.1. The summed E-state index contributed by atoms with van der Waals surface area (Å²) in [5.74, 6) is -1.68. The Bertz CT molecular complexity index is 834. The molecule has 2 rings (SSSR count). The Morgan fingerprint density at radius 1 is 1.04 bits per heavy atom. The highest BCUT2D eigenvalue weighted by Crippen LogP contribution is 2.28. The molecule has 0 aliphatic heterocycles. The van der Waals surface area contributed by atoms with Gasteiger partial charge in [0.2, 0.25) is 0 Å². The van der Waals surface area contributed by atoms with Gasteiger partial charge in [-0.05, 0) is 30.3 Å². The summed E-state index contributed by atoms with van der Waals surface area (Å²) in [5, 5.41) is 15.6. The van der Waals surface area contributed by atoms with Gasteiger partial charge in [-0.15, -0.1) is 0 Å². The number of anilines is 3. The second kappa shape index (κ2) is 7.97. The maximum absolute atomic E-state index is 12.1. The lowest BCUT2D eigenvalue weighted by Crippen LogP contribution is -2.29. The summed E-state index contributed by atoms with van der Waals surface area (Å²) in [4.78, 5) is 36.3. The van der Waals surface area contributed by atoms with Gasteiger partial charge >= 0.3 is 11.8 Å². The van der Waals surface area contributed by atoms with E-state index >= 15 is 0 Å². The fourth-order valence-electron chi connectivity index (χ4n) is 2.12. The molecule has 0 atom stereocenters. The molecule has 0 aromatic heterocycles. The van der Waals surface area contributed by atoms with Gasteiger partial charge in [-0.2, -0.15) is 0 Å². The molecule has 9 heteroatoms. The van der Waals surface area contributed by atoms with Crippen LogP contribution in [-0.2, 0) is 9.59 Å². The van der Waals surface area contributed by atoms with E-state index in [0.717, 1.165) is 11.8 Å². The lowest BCUT2D eigenvalue weighted by atomic mass is 10.2.